The molecule has 6 aromatic rings. The molecule has 0 saturated carbocycles. The molecule has 2 aromatic carbocycles. The predicted molar refractivity (Wildman–Crippen MR) is 160 cm³/mol. The summed E-state index contributed by atoms with van der Waals surface area (Å²) < 4.78 is 0. The fourth-order valence-electron chi connectivity index (χ4n) is 5.82. The van der Waals surface area contributed by atoms with Crippen LogP contribution in [0.5, 0.6) is 0 Å². The monoisotopic (exact) mass is 539 g/mol. The molecule has 1 fully saturated rings. The average Bonchev–Trinajstić information content (AvgIpc) is 3.53. The fourth-order valence-corrected chi connectivity index (χ4v) is 5.82. The van der Waals surface area contributed by atoms with Crippen LogP contribution in [0.15, 0.2) is 102 Å². The van der Waals surface area contributed by atoms with Gasteiger partial charge < -0.3 is 10.3 Å². The topological polar surface area (TPSA) is 112 Å². The van der Waals surface area contributed by atoms with Gasteiger partial charge in [-0.05, 0) is 67.2 Å². The lowest BCUT2D eigenvalue weighted by molar-refractivity contribution is 0.314. The molecular formula is C33H29N7O. The third kappa shape index (κ3) is 5.05. The minimum atomic E-state index is -0.136. The molecule has 2 atom stereocenters. The number of rotatable bonds is 6. The molecule has 3 N–H and O–H groups in total. The van der Waals surface area contributed by atoms with Crippen LogP contribution in [0.2, 0.25) is 0 Å². The van der Waals surface area contributed by atoms with Crippen molar-refractivity contribution in [3.05, 3.63) is 119 Å². The van der Waals surface area contributed by atoms with Gasteiger partial charge in [-0.2, -0.15) is 5.10 Å². The van der Waals surface area contributed by atoms with Gasteiger partial charge in [0.15, 0.2) is 5.82 Å². The summed E-state index contributed by atoms with van der Waals surface area (Å²) in [5, 5.41) is 11.8. The van der Waals surface area contributed by atoms with Gasteiger partial charge >= 0.3 is 0 Å². The zero-order valence-corrected chi connectivity index (χ0v) is 22.4. The number of fused-ring (bicyclic) bond motifs is 1. The highest BCUT2D eigenvalue weighted by molar-refractivity contribution is 5.91. The second-order valence-electron chi connectivity index (χ2n) is 10.5. The van der Waals surface area contributed by atoms with Crippen molar-refractivity contribution in [3.8, 4) is 33.9 Å². The normalized spacial score (nSPS) is 17.1. The number of nitrogens with zero attached hydrogens (tertiary/aromatic N) is 4. The van der Waals surface area contributed by atoms with Crippen molar-refractivity contribution in [2.75, 3.05) is 13.1 Å². The zero-order valence-electron chi connectivity index (χ0n) is 22.4. The van der Waals surface area contributed by atoms with E-state index in [1.165, 1.54) is 5.56 Å². The van der Waals surface area contributed by atoms with Crippen molar-refractivity contribution < 1.29 is 0 Å². The molecule has 4 aromatic heterocycles. The zero-order chi connectivity index (χ0) is 27.6. The molecule has 202 valence electrons. The summed E-state index contributed by atoms with van der Waals surface area (Å²) in [6, 6.07) is 28.3. The van der Waals surface area contributed by atoms with E-state index in [4.69, 9.17) is 9.97 Å². The number of hydrogen-bond donors (Lipinski definition) is 3. The lowest BCUT2D eigenvalue weighted by atomic mass is 9.81. The van der Waals surface area contributed by atoms with Crippen LogP contribution < -0.4 is 10.9 Å². The van der Waals surface area contributed by atoms with Crippen molar-refractivity contribution in [1.82, 2.24) is 35.5 Å². The van der Waals surface area contributed by atoms with Gasteiger partial charge in [0.05, 0.1) is 16.6 Å². The summed E-state index contributed by atoms with van der Waals surface area (Å²) in [5.41, 5.74) is 6.42. The van der Waals surface area contributed by atoms with Gasteiger partial charge in [-0.3, -0.25) is 14.9 Å². The molecular weight excluding hydrogens is 510 g/mol. The molecule has 1 aliphatic rings. The van der Waals surface area contributed by atoms with Crippen LogP contribution >= 0.6 is 0 Å². The SMILES string of the molecule is O=c1[nH]ccc2nc(-c3ccc(CC4CNCCC4c4nc(-c5ccccn5)n[nH]4)cc3)c(-c3ccccc3)cc12. The maximum Gasteiger partial charge on any atom is 0.257 e. The average molecular weight is 540 g/mol. The van der Waals surface area contributed by atoms with Crippen molar-refractivity contribution >= 4 is 10.9 Å². The molecule has 0 aliphatic carbocycles. The lowest BCUT2D eigenvalue weighted by Gasteiger charge is -2.30. The smallest absolute Gasteiger partial charge is 0.257 e. The highest BCUT2D eigenvalue weighted by atomic mass is 16.1. The summed E-state index contributed by atoms with van der Waals surface area (Å²) in [6.45, 7) is 1.88. The lowest BCUT2D eigenvalue weighted by Crippen LogP contribution is -2.37. The molecule has 1 saturated heterocycles. The summed E-state index contributed by atoms with van der Waals surface area (Å²) in [6.07, 6.45) is 5.33. The largest absolute Gasteiger partial charge is 0.328 e. The number of piperidine rings is 1. The fraction of sp³-hybridized carbons (Fsp3) is 0.182. The first-order valence-corrected chi connectivity index (χ1v) is 13.9. The summed E-state index contributed by atoms with van der Waals surface area (Å²) in [4.78, 5) is 29.5. The van der Waals surface area contributed by atoms with Crippen molar-refractivity contribution in [2.24, 2.45) is 5.92 Å². The Bertz CT molecular complexity index is 1850. The van der Waals surface area contributed by atoms with Crippen molar-refractivity contribution in [1.29, 1.82) is 0 Å². The predicted octanol–water partition coefficient (Wildman–Crippen LogP) is 5.37. The summed E-state index contributed by atoms with van der Waals surface area (Å²) in [7, 11) is 0. The van der Waals surface area contributed by atoms with E-state index in [1.54, 1.807) is 12.4 Å². The van der Waals surface area contributed by atoms with E-state index >= 15 is 0 Å². The van der Waals surface area contributed by atoms with E-state index in [1.807, 2.05) is 48.5 Å². The van der Waals surface area contributed by atoms with Crippen LogP contribution in [-0.2, 0) is 6.42 Å². The Labute approximate surface area is 237 Å². The number of nitrogens with one attached hydrogen (secondary N) is 3. The maximum absolute atomic E-state index is 12.5. The summed E-state index contributed by atoms with van der Waals surface area (Å²) in [5.74, 6) is 2.23. The Morgan fingerprint density at radius 2 is 1.73 bits per heavy atom. The minimum absolute atomic E-state index is 0.136. The first-order chi connectivity index (χ1) is 20.2. The van der Waals surface area contributed by atoms with Crippen LogP contribution in [0, 0.1) is 5.92 Å². The van der Waals surface area contributed by atoms with E-state index in [9.17, 15) is 4.79 Å². The minimum Gasteiger partial charge on any atom is -0.328 e. The van der Waals surface area contributed by atoms with Crippen molar-refractivity contribution in [2.45, 2.75) is 18.8 Å². The van der Waals surface area contributed by atoms with Crippen molar-refractivity contribution in [3.63, 3.8) is 0 Å². The third-order valence-electron chi connectivity index (χ3n) is 7.92. The molecule has 2 unspecified atom stereocenters. The molecule has 8 nitrogen and oxygen atoms in total. The Kier molecular flexibility index (Phi) is 6.66. The first-order valence-electron chi connectivity index (χ1n) is 13.9. The molecule has 0 radical (unpaired) electrons. The Morgan fingerprint density at radius 3 is 2.56 bits per heavy atom. The summed E-state index contributed by atoms with van der Waals surface area (Å²) >= 11 is 0. The molecule has 0 bridgehead atoms. The second kappa shape index (κ2) is 10.9. The standard InChI is InChI=1S/C33H29N7O/c41-33-27-19-26(22-6-2-1-3-7-22)30(37-28(27)14-17-36-33)23-11-9-21(10-12-23)18-24-20-34-16-13-25(24)31-38-32(40-39-31)29-8-4-5-15-35-29/h1-12,14-15,17,19,24-25,34H,13,16,18,20H2,(H,36,41)(H,38,39,40). The Hall–Kier alpha value is -4.95. The van der Waals surface area contributed by atoms with Gasteiger partial charge in [0.2, 0.25) is 0 Å². The molecule has 41 heavy (non-hydrogen) atoms. The van der Waals surface area contributed by atoms with E-state index in [2.05, 4.69) is 61.9 Å². The number of pyridine rings is 3. The van der Waals surface area contributed by atoms with Gasteiger partial charge in [-0.1, -0.05) is 60.7 Å². The van der Waals surface area contributed by atoms with Crippen LogP contribution in [-0.4, -0.2) is 43.2 Å². The third-order valence-corrected chi connectivity index (χ3v) is 7.92. The molecule has 0 spiro atoms. The van der Waals surface area contributed by atoms with Gasteiger partial charge in [-0.15, -0.1) is 0 Å². The van der Waals surface area contributed by atoms with Gasteiger partial charge in [0.25, 0.3) is 5.56 Å². The number of aromatic nitrogens is 6. The Balaban J connectivity index is 1.17. The van der Waals surface area contributed by atoms with Crippen LogP contribution in [0.1, 0.15) is 23.7 Å². The van der Waals surface area contributed by atoms with Crippen LogP contribution in [0.25, 0.3) is 44.8 Å². The molecule has 7 rings (SSSR count). The van der Waals surface area contributed by atoms with Gasteiger partial charge in [0, 0.05) is 29.4 Å². The highest BCUT2D eigenvalue weighted by Gasteiger charge is 2.29. The molecule has 5 heterocycles. The molecule has 8 heteroatoms. The van der Waals surface area contributed by atoms with E-state index < -0.39 is 0 Å². The number of benzene rings is 2. The number of hydrogen-bond acceptors (Lipinski definition) is 6. The van der Waals surface area contributed by atoms with Crippen LogP contribution in [0.4, 0.5) is 0 Å². The van der Waals surface area contributed by atoms with Gasteiger partial charge in [-0.25, -0.2) is 9.97 Å². The van der Waals surface area contributed by atoms with E-state index in [0.717, 1.165) is 59.8 Å². The first kappa shape index (κ1) is 25.0. The van der Waals surface area contributed by atoms with E-state index in [-0.39, 0.29) is 11.5 Å². The second-order valence-corrected chi connectivity index (χ2v) is 10.5. The van der Waals surface area contributed by atoms with Gasteiger partial charge in [0.1, 0.15) is 11.5 Å². The molecule has 0 amide bonds. The maximum atomic E-state index is 12.5. The van der Waals surface area contributed by atoms with Crippen LogP contribution in [0.3, 0.4) is 0 Å². The number of H-pyrrole nitrogens is 2. The number of aromatic amines is 2. The Morgan fingerprint density at radius 1 is 0.878 bits per heavy atom. The molecule has 1 aliphatic heterocycles. The quantitative estimate of drug-likeness (QED) is 0.262. The van der Waals surface area contributed by atoms with E-state index in [0.29, 0.717) is 22.6 Å². The highest BCUT2D eigenvalue weighted by Crippen LogP contribution is 2.34.